The molecule has 1 aliphatic rings. The third kappa shape index (κ3) is 3.52. The van der Waals surface area contributed by atoms with Gasteiger partial charge in [-0.15, -0.1) is 0 Å². The Labute approximate surface area is 124 Å². The number of ether oxygens (including phenoxy) is 1. The van der Waals surface area contributed by atoms with Crippen molar-refractivity contribution in [3.8, 4) is 5.75 Å². The number of carbonyl (C=O) groups excluding carboxylic acids is 1. The lowest BCUT2D eigenvalue weighted by Crippen LogP contribution is -2.52. The summed E-state index contributed by atoms with van der Waals surface area (Å²) in [5.74, 6) is 0.351. The van der Waals surface area contributed by atoms with Gasteiger partial charge in [-0.2, -0.15) is 12.7 Å². The molecule has 0 aromatic heterocycles. The molecule has 0 aliphatic carbocycles. The molecule has 2 N–H and O–H groups in total. The van der Waals surface area contributed by atoms with Gasteiger partial charge in [-0.1, -0.05) is 11.6 Å². The number of hydrogen-bond donors (Lipinski definition) is 1. The lowest BCUT2D eigenvalue weighted by atomic mass is 10.1. The van der Waals surface area contributed by atoms with E-state index < -0.39 is 10.2 Å². The predicted molar refractivity (Wildman–Crippen MR) is 78.3 cm³/mol. The Hall–Kier alpha value is -1.64. The molecule has 8 heteroatoms. The van der Waals surface area contributed by atoms with Gasteiger partial charge in [0.1, 0.15) is 5.75 Å². The summed E-state index contributed by atoms with van der Waals surface area (Å²) < 4.78 is 28.9. The second kappa shape index (κ2) is 6.00. The Balaban J connectivity index is 2.14. The Kier molecular flexibility index (Phi) is 4.50. The number of nitrogens with zero attached hydrogens (tertiary/aromatic N) is 2. The number of benzene rings is 1. The van der Waals surface area contributed by atoms with E-state index in [-0.39, 0.29) is 19.0 Å². The molecular weight excluding hydrogens is 294 g/mol. The minimum atomic E-state index is -3.69. The van der Waals surface area contributed by atoms with Gasteiger partial charge >= 0.3 is 0 Å². The van der Waals surface area contributed by atoms with Gasteiger partial charge in [0.2, 0.25) is 0 Å². The normalized spacial score (nSPS) is 16.8. The number of aryl methyl sites for hydroxylation is 1. The van der Waals surface area contributed by atoms with Gasteiger partial charge in [-0.3, -0.25) is 4.79 Å². The van der Waals surface area contributed by atoms with Crippen molar-refractivity contribution in [2.45, 2.75) is 6.92 Å². The molecule has 0 unspecified atom stereocenters. The lowest BCUT2D eigenvalue weighted by Gasteiger charge is -2.33. The van der Waals surface area contributed by atoms with Gasteiger partial charge in [0, 0.05) is 26.2 Å². The molecule has 1 fully saturated rings. The quantitative estimate of drug-likeness (QED) is 0.847. The summed E-state index contributed by atoms with van der Waals surface area (Å²) >= 11 is 0. The number of carbonyl (C=O) groups is 1. The fourth-order valence-corrected chi connectivity index (χ4v) is 2.98. The van der Waals surface area contributed by atoms with E-state index in [0.29, 0.717) is 24.4 Å². The number of hydrogen-bond acceptors (Lipinski definition) is 4. The summed E-state index contributed by atoms with van der Waals surface area (Å²) in [6.45, 7) is 2.94. The maximum atomic E-state index is 12.5. The molecule has 21 heavy (non-hydrogen) atoms. The first-order chi connectivity index (χ1) is 9.82. The molecule has 0 radical (unpaired) electrons. The highest BCUT2D eigenvalue weighted by Gasteiger charge is 2.28. The van der Waals surface area contributed by atoms with Crippen LogP contribution in [-0.4, -0.2) is 56.8 Å². The van der Waals surface area contributed by atoms with Crippen LogP contribution in [0.15, 0.2) is 18.2 Å². The number of methoxy groups -OCH3 is 1. The van der Waals surface area contributed by atoms with E-state index in [1.165, 1.54) is 11.4 Å². The average molecular weight is 313 g/mol. The third-order valence-electron chi connectivity index (χ3n) is 3.47. The van der Waals surface area contributed by atoms with Gasteiger partial charge in [0.25, 0.3) is 16.1 Å². The molecule has 0 bridgehead atoms. The number of rotatable bonds is 3. The fraction of sp³-hybridized carbons (Fsp3) is 0.462. The minimum absolute atomic E-state index is 0.162. The van der Waals surface area contributed by atoms with Crippen LogP contribution in [0.4, 0.5) is 0 Å². The molecule has 0 spiro atoms. The zero-order chi connectivity index (χ0) is 15.6. The van der Waals surface area contributed by atoms with Crippen LogP contribution in [0, 0.1) is 6.92 Å². The number of piperazine rings is 1. The second-order valence-electron chi connectivity index (χ2n) is 4.94. The summed E-state index contributed by atoms with van der Waals surface area (Å²) in [5, 5.41) is 5.08. The van der Waals surface area contributed by atoms with Crippen molar-refractivity contribution in [1.29, 1.82) is 0 Å². The smallest absolute Gasteiger partial charge is 0.277 e. The van der Waals surface area contributed by atoms with E-state index in [1.807, 2.05) is 13.0 Å². The van der Waals surface area contributed by atoms with Crippen LogP contribution in [0.1, 0.15) is 15.9 Å². The predicted octanol–water partition coefficient (Wildman–Crippen LogP) is -0.0351. The van der Waals surface area contributed by atoms with Crippen LogP contribution in [0.25, 0.3) is 0 Å². The second-order valence-corrected chi connectivity index (χ2v) is 6.49. The van der Waals surface area contributed by atoms with Crippen LogP contribution < -0.4 is 9.88 Å². The number of amides is 1. The largest absolute Gasteiger partial charge is 0.496 e. The zero-order valence-electron chi connectivity index (χ0n) is 12.1. The van der Waals surface area contributed by atoms with Gasteiger partial charge in [-0.05, 0) is 19.1 Å². The van der Waals surface area contributed by atoms with E-state index in [0.717, 1.165) is 5.56 Å². The summed E-state index contributed by atoms with van der Waals surface area (Å²) in [4.78, 5) is 14.1. The first-order valence-corrected chi connectivity index (χ1v) is 8.05. The summed E-state index contributed by atoms with van der Waals surface area (Å²) in [6, 6.07) is 5.39. The van der Waals surface area contributed by atoms with Gasteiger partial charge in [0.15, 0.2) is 0 Å². The van der Waals surface area contributed by atoms with E-state index in [4.69, 9.17) is 9.88 Å². The van der Waals surface area contributed by atoms with Crippen molar-refractivity contribution in [3.63, 3.8) is 0 Å². The first-order valence-electron chi connectivity index (χ1n) is 6.54. The van der Waals surface area contributed by atoms with E-state index in [1.54, 1.807) is 17.0 Å². The summed E-state index contributed by atoms with van der Waals surface area (Å²) in [5.41, 5.74) is 1.45. The summed E-state index contributed by atoms with van der Waals surface area (Å²) in [7, 11) is -2.17. The molecule has 116 valence electrons. The molecular formula is C13H19N3O4S. The van der Waals surface area contributed by atoms with Crippen molar-refractivity contribution in [2.24, 2.45) is 5.14 Å². The summed E-state index contributed by atoms with van der Waals surface area (Å²) in [6.07, 6.45) is 0. The molecule has 0 atom stereocenters. The number of nitrogens with two attached hydrogens (primary N) is 1. The van der Waals surface area contributed by atoms with Crippen molar-refractivity contribution < 1.29 is 17.9 Å². The van der Waals surface area contributed by atoms with Crippen LogP contribution >= 0.6 is 0 Å². The van der Waals surface area contributed by atoms with Gasteiger partial charge < -0.3 is 9.64 Å². The highest BCUT2D eigenvalue weighted by molar-refractivity contribution is 7.86. The van der Waals surface area contributed by atoms with Crippen LogP contribution in [0.5, 0.6) is 5.75 Å². The van der Waals surface area contributed by atoms with E-state index >= 15 is 0 Å². The Bertz CT molecular complexity index is 637. The Morgan fingerprint density at radius 2 is 1.86 bits per heavy atom. The van der Waals surface area contributed by atoms with Crippen molar-refractivity contribution in [3.05, 3.63) is 29.3 Å². The molecule has 1 heterocycles. The lowest BCUT2D eigenvalue weighted by molar-refractivity contribution is 0.0694. The zero-order valence-corrected chi connectivity index (χ0v) is 12.9. The minimum Gasteiger partial charge on any atom is -0.496 e. The molecule has 1 saturated heterocycles. The average Bonchev–Trinajstić information content (AvgIpc) is 2.45. The highest BCUT2D eigenvalue weighted by atomic mass is 32.2. The first kappa shape index (κ1) is 15.7. The van der Waals surface area contributed by atoms with E-state index in [2.05, 4.69) is 0 Å². The molecule has 1 aliphatic heterocycles. The van der Waals surface area contributed by atoms with Gasteiger partial charge in [-0.25, -0.2) is 5.14 Å². The van der Waals surface area contributed by atoms with Crippen LogP contribution in [0.2, 0.25) is 0 Å². The Morgan fingerprint density at radius 1 is 1.24 bits per heavy atom. The topological polar surface area (TPSA) is 92.9 Å². The van der Waals surface area contributed by atoms with Gasteiger partial charge in [0.05, 0.1) is 12.7 Å². The Morgan fingerprint density at radius 3 is 2.38 bits per heavy atom. The molecule has 1 aromatic rings. The maximum absolute atomic E-state index is 12.5. The van der Waals surface area contributed by atoms with Crippen LogP contribution in [0.3, 0.4) is 0 Å². The maximum Gasteiger partial charge on any atom is 0.277 e. The fourth-order valence-electron chi connectivity index (χ4n) is 2.30. The SMILES string of the molecule is COc1ccc(C)cc1C(=O)N1CCN(S(N)(=O)=O)CC1. The van der Waals surface area contributed by atoms with E-state index in [9.17, 15) is 13.2 Å². The molecule has 7 nitrogen and oxygen atoms in total. The van der Waals surface area contributed by atoms with Crippen LogP contribution in [-0.2, 0) is 10.2 Å². The highest BCUT2D eigenvalue weighted by Crippen LogP contribution is 2.22. The molecule has 1 amide bonds. The molecule has 2 rings (SSSR count). The van der Waals surface area contributed by atoms with Crippen molar-refractivity contribution in [2.75, 3.05) is 33.3 Å². The standard InChI is InChI=1S/C13H19N3O4S/c1-10-3-4-12(20-2)11(9-10)13(17)15-5-7-16(8-6-15)21(14,18)19/h3-4,9H,5-8H2,1-2H3,(H2,14,18,19). The monoisotopic (exact) mass is 313 g/mol. The van der Waals surface area contributed by atoms with Crippen molar-refractivity contribution >= 4 is 16.1 Å². The van der Waals surface area contributed by atoms with Crippen molar-refractivity contribution in [1.82, 2.24) is 9.21 Å². The third-order valence-corrected chi connectivity index (χ3v) is 4.56. The molecule has 0 saturated carbocycles. The molecule has 1 aromatic carbocycles.